The van der Waals surface area contributed by atoms with Crippen LogP contribution in [0.5, 0.6) is 0 Å². The first kappa shape index (κ1) is 8.49. The van der Waals surface area contributed by atoms with Crippen molar-refractivity contribution >= 4 is 23.3 Å². The van der Waals surface area contributed by atoms with Crippen LogP contribution in [-0.2, 0) is 9.59 Å². The smallest absolute Gasteiger partial charge is 0.230 e. The zero-order valence-corrected chi connectivity index (χ0v) is 5.98. The fraction of sp³-hybridized carbons (Fsp3) is 0.600. The first-order valence-corrected chi connectivity index (χ1v) is 3.55. The molecule has 0 aliphatic heterocycles. The van der Waals surface area contributed by atoms with E-state index >= 15 is 0 Å². The van der Waals surface area contributed by atoms with Crippen LogP contribution in [0.4, 0.5) is 0 Å². The van der Waals surface area contributed by atoms with E-state index < -0.39 is 5.91 Å². The van der Waals surface area contributed by atoms with Crippen LogP contribution < -0.4 is 5.73 Å². The lowest BCUT2D eigenvalue weighted by Gasteiger charge is -2.02. The number of thioether (sulfide) groups is 1. The minimum atomic E-state index is -0.422. The van der Waals surface area contributed by atoms with E-state index in [1.54, 1.807) is 0 Å². The van der Waals surface area contributed by atoms with Crippen molar-refractivity contribution in [1.82, 2.24) is 0 Å². The third-order valence-corrected chi connectivity index (χ3v) is 1.91. The van der Waals surface area contributed by atoms with Crippen LogP contribution in [0.2, 0.25) is 0 Å². The normalized spacial score (nSPS) is 12.6. The van der Waals surface area contributed by atoms with Gasteiger partial charge >= 0.3 is 0 Å². The predicted octanol–water partition coefficient (Wildman–Crippen LogP) is 0.174. The number of rotatable bonds is 4. The molecule has 0 saturated heterocycles. The van der Waals surface area contributed by atoms with Crippen LogP contribution in [0.1, 0.15) is 13.3 Å². The van der Waals surface area contributed by atoms with E-state index in [9.17, 15) is 9.59 Å². The SMILES string of the molecule is CC[C@H](SC=O)C(N)=O. The van der Waals surface area contributed by atoms with E-state index in [2.05, 4.69) is 0 Å². The Morgan fingerprint density at radius 2 is 2.44 bits per heavy atom. The molecular formula is C5H9NO2S. The Bertz CT molecular complexity index is 116. The summed E-state index contributed by atoms with van der Waals surface area (Å²) < 4.78 is 0. The van der Waals surface area contributed by atoms with E-state index in [0.29, 0.717) is 12.0 Å². The molecule has 0 aromatic carbocycles. The summed E-state index contributed by atoms with van der Waals surface area (Å²) in [6.07, 6.45) is 0.610. The summed E-state index contributed by atoms with van der Waals surface area (Å²) in [7, 11) is 0. The topological polar surface area (TPSA) is 60.2 Å². The van der Waals surface area contributed by atoms with E-state index in [1.807, 2.05) is 6.92 Å². The second-order valence-electron chi connectivity index (χ2n) is 1.53. The summed E-state index contributed by atoms with van der Waals surface area (Å²) in [5.41, 5.74) is 5.55. The molecule has 1 amide bonds. The van der Waals surface area contributed by atoms with Gasteiger partial charge in [0.1, 0.15) is 0 Å². The van der Waals surface area contributed by atoms with Gasteiger partial charge in [-0.1, -0.05) is 18.7 Å². The second-order valence-corrected chi connectivity index (χ2v) is 2.57. The van der Waals surface area contributed by atoms with Gasteiger partial charge in [-0.15, -0.1) is 0 Å². The third-order valence-electron chi connectivity index (χ3n) is 0.908. The maximum atomic E-state index is 10.4. The molecule has 0 bridgehead atoms. The summed E-state index contributed by atoms with van der Waals surface area (Å²) in [6, 6.07) is 0. The quantitative estimate of drug-likeness (QED) is 0.577. The van der Waals surface area contributed by atoms with Gasteiger partial charge in [0.25, 0.3) is 0 Å². The highest BCUT2D eigenvalue weighted by molar-refractivity contribution is 8.12. The van der Waals surface area contributed by atoms with Gasteiger partial charge in [0.05, 0.1) is 5.25 Å². The van der Waals surface area contributed by atoms with Gasteiger partial charge in [0, 0.05) is 0 Å². The Hall–Kier alpha value is -0.510. The van der Waals surface area contributed by atoms with Crippen molar-refractivity contribution in [3.8, 4) is 0 Å². The molecule has 9 heavy (non-hydrogen) atoms. The molecule has 0 fully saturated rings. The number of carbonyl (C=O) groups is 2. The van der Waals surface area contributed by atoms with Crippen molar-refractivity contribution in [1.29, 1.82) is 0 Å². The fourth-order valence-corrected chi connectivity index (χ4v) is 0.892. The Labute approximate surface area is 58.0 Å². The second kappa shape index (κ2) is 4.38. The van der Waals surface area contributed by atoms with Crippen molar-refractivity contribution < 1.29 is 9.59 Å². The summed E-state index contributed by atoms with van der Waals surface area (Å²) in [4.78, 5) is 20.2. The summed E-state index contributed by atoms with van der Waals surface area (Å²) in [5, 5.41) is -0.345. The minimum absolute atomic E-state index is 0.345. The molecule has 0 aromatic rings. The van der Waals surface area contributed by atoms with E-state index in [1.165, 1.54) is 0 Å². The fourth-order valence-electron chi connectivity index (χ4n) is 0.432. The van der Waals surface area contributed by atoms with Gasteiger partial charge in [-0.25, -0.2) is 0 Å². The Morgan fingerprint density at radius 1 is 1.89 bits per heavy atom. The van der Waals surface area contributed by atoms with E-state index in [-0.39, 0.29) is 5.25 Å². The molecule has 3 nitrogen and oxygen atoms in total. The average molecular weight is 147 g/mol. The van der Waals surface area contributed by atoms with Crippen molar-refractivity contribution in [3.63, 3.8) is 0 Å². The van der Waals surface area contributed by atoms with Gasteiger partial charge in [-0.05, 0) is 6.42 Å². The first-order chi connectivity index (χ1) is 4.22. The van der Waals surface area contributed by atoms with Crippen LogP contribution in [0, 0.1) is 0 Å². The zero-order valence-electron chi connectivity index (χ0n) is 5.16. The molecule has 0 unspecified atom stereocenters. The molecule has 0 rings (SSSR count). The van der Waals surface area contributed by atoms with Crippen LogP contribution in [0.15, 0.2) is 0 Å². The van der Waals surface area contributed by atoms with Gasteiger partial charge in [0.15, 0.2) is 5.62 Å². The van der Waals surface area contributed by atoms with E-state index in [4.69, 9.17) is 5.73 Å². The Balaban J connectivity index is 3.67. The Morgan fingerprint density at radius 3 is 2.56 bits per heavy atom. The summed E-state index contributed by atoms with van der Waals surface area (Å²) in [5.74, 6) is -0.422. The predicted molar refractivity (Wildman–Crippen MR) is 37.6 cm³/mol. The van der Waals surface area contributed by atoms with Crippen LogP contribution in [0.3, 0.4) is 0 Å². The molecular weight excluding hydrogens is 138 g/mol. The number of carbonyl (C=O) groups excluding carboxylic acids is 2. The number of amides is 1. The Kier molecular flexibility index (Phi) is 4.13. The molecule has 1 atom stereocenters. The van der Waals surface area contributed by atoms with Gasteiger partial charge in [-0.2, -0.15) is 0 Å². The molecule has 0 aliphatic carbocycles. The largest absolute Gasteiger partial charge is 0.369 e. The lowest BCUT2D eigenvalue weighted by Crippen LogP contribution is -2.24. The molecule has 0 radical (unpaired) electrons. The lowest BCUT2D eigenvalue weighted by molar-refractivity contribution is -0.117. The van der Waals surface area contributed by atoms with Crippen LogP contribution in [-0.4, -0.2) is 16.8 Å². The zero-order chi connectivity index (χ0) is 7.28. The standard InChI is InChI=1S/C5H9NO2S/c1-2-4(5(6)8)9-3-7/h3-4H,2H2,1H3,(H2,6,8)/t4-/m0/s1. The summed E-state index contributed by atoms with van der Waals surface area (Å²) >= 11 is 0.929. The van der Waals surface area contributed by atoms with Gasteiger partial charge < -0.3 is 5.73 Å². The number of nitrogens with two attached hydrogens (primary N) is 1. The van der Waals surface area contributed by atoms with Gasteiger partial charge in [-0.3, -0.25) is 9.59 Å². The number of hydrogen-bond donors (Lipinski definition) is 1. The molecule has 4 heteroatoms. The highest BCUT2D eigenvalue weighted by atomic mass is 32.2. The highest BCUT2D eigenvalue weighted by Crippen LogP contribution is 2.09. The highest BCUT2D eigenvalue weighted by Gasteiger charge is 2.11. The summed E-state index contributed by atoms with van der Waals surface area (Å²) in [6.45, 7) is 1.81. The van der Waals surface area contributed by atoms with Gasteiger partial charge in [0.2, 0.25) is 5.91 Å². The number of hydrogen-bond acceptors (Lipinski definition) is 3. The maximum Gasteiger partial charge on any atom is 0.230 e. The third kappa shape index (κ3) is 3.13. The molecule has 0 heterocycles. The molecule has 2 N–H and O–H groups in total. The van der Waals surface area contributed by atoms with Crippen molar-refractivity contribution in [2.24, 2.45) is 5.73 Å². The van der Waals surface area contributed by atoms with E-state index in [0.717, 1.165) is 11.8 Å². The van der Waals surface area contributed by atoms with Crippen molar-refractivity contribution in [2.45, 2.75) is 18.6 Å². The van der Waals surface area contributed by atoms with Crippen molar-refractivity contribution in [3.05, 3.63) is 0 Å². The maximum absolute atomic E-state index is 10.4. The molecule has 0 spiro atoms. The molecule has 0 aromatic heterocycles. The van der Waals surface area contributed by atoms with Crippen LogP contribution >= 0.6 is 11.8 Å². The minimum Gasteiger partial charge on any atom is -0.369 e. The number of primary amides is 1. The van der Waals surface area contributed by atoms with Crippen molar-refractivity contribution in [2.75, 3.05) is 0 Å². The molecule has 0 aliphatic rings. The lowest BCUT2D eigenvalue weighted by atomic mass is 10.3. The monoisotopic (exact) mass is 147 g/mol. The molecule has 52 valence electrons. The average Bonchev–Trinajstić information content (AvgIpc) is 1.82. The van der Waals surface area contributed by atoms with Crippen LogP contribution in [0.25, 0.3) is 0 Å². The molecule has 0 saturated carbocycles. The first-order valence-electron chi connectivity index (χ1n) is 2.60.